The van der Waals surface area contributed by atoms with Crippen LogP contribution < -0.4 is 0 Å². The van der Waals surface area contributed by atoms with Crippen LogP contribution in [0.3, 0.4) is 0 Å². The highest BCUT2D eigenvalue weighted by Gasteiger charge is 2.40. The number of halogens is 1. The third kappa shape index (κ3) is 3.08. The Morgan fingerprint density at radius 1 is 1.12 bits per heavy atom. The smallest absolute Gasteiger partial charge is 0.243 e. The molecule has 0 radical (unpaired) electrons. The Kier molecular flexibility index (Phi) is 4.52. The normalized spacial score (nSPS) is 25.8. The van der Waals surface area contributed by atoms with Crippen LogP contribution in [0.2, 0.25) is 5.02 Å². The van der Waals surface area contributed by atoms with Crippen molar-refractivity contribution in [2.24, 2.45) is 0 Å². The number of hydrogen-bond donors (Lipinski definition) is 0. The Morgan fingerprint density at radius 2 is 1.88 bits per heavy atom. The number of hydrogen-bond acceptors (Lipinski definition) is 3. The van der Waals surface area contributed by atoms with Gasteiger partial charge in [0.2, 0.25) is 10.0 Å². The van der Waals surface area contributed by atoms with E-state index in [-0.39, 0.29) is 6.04 Å². The highest BCUT2D eigenvalue weighted by molar-refractivity contribution is 7.89. The van der Waals surface area contributed by atoms with Crippen molar-refractivity contribution in [1.29, 1.82) is 0 Å². The van der Waals surface area contributed by atoms with E-state index in [9.17, 15) is 8.42 Å². The summed E-state index contributed by atoms with van der Waals surface area (Å²) >= 11 is 6.12. The topological polar surface area (TPSA) is 40.6 Å². The minimum atomic E-state index is -3.55. The quantitative estimate of drug-likeness (QED) is 0.816. The second kappa shape index (κ2) is 6.54. The molecule has 2 fully saturated rings. The van der Waals surface area contributed by atoms with Gasteiger partial charge in [0.05, 0.1) is 4.90 Å². The second-order valence-corrected chi connectivity index (χ2v) is 9.47. The molecule has 2 atom stereocenters. The summed E-state index contributed by atoms with van der Waals surface area (Å²) in [4.78, 5) is 2.81. The van der Waals surface area contributed by atoms with E-state index in [1.54, 1.807) is 22.5 Å². The van der Waals surface area contributed by atoms with Gasteiger partial charge in [-0.1, -0.05) is 29.8 Å². The SMILES string of the molecule is CC1CC(N2CCCC2)CN1S(=O)(=O)c1cccc2ccc(Cl)cc12. The largest absolute Gasteiger partial charge is 0.299 e. The van der Waals surface area contributed by atoms with Crippen LogP contribution in [0.5, 0.6) is 0 Å². The van der Waals surface area contributed by atoms with Gasteiger partial charge < -0.3 is 0 Å². The summed E-state index contributed by atoms with van der Waals surface area (Å²) in [5.74, 6) is 0. The van der Waals surface area contributed by atoms with Gasteiger partial charge in [0, 0.05) is 29.0 Å². The molecule has 2 unspecified atom stereocenters. The molecule has 6 heteroatoms. The Balaban J connectivity index is 1.71. The van der Waals surface area contributed by atoms with Crippen molar-refractivity contribution in [3.05, 3.63) is 41.4 Å². The number of fused-ring (bicyclic) bond motifs is 1. The lowest BCUT2D eigenvalue weighted by molar-refractivity contribution is 0.251. The molecule has 0 amide bonds. The van der Waals surface area contributed by atoms with E-state index in [0.717, 1.165) is 24.9 Å². The summed E-state index contributed by atoms with van der Waals surface area (Å²) in [6, 6.07) is 11.2. The van der Waals surface area contributed by atoms with Crippen molar-refractivity contribution in [2.75, 3.05) is 19.6 Å². The summed E-state index contributed by atoms with van der Waals surface area (Å²) in [6.07, 6.45) is 3.35. The maximum absolute atomic E-state index is 13.4. The molecule has 0 aromatic heterocycles. The fourth-order valence-corrected chi connectivity index (χ4v) is 6.31. The lowest BCUT2D eigenvalue weighted by atomic mass is 10.1. The molecule has 2 aliphatic heterocycles. The van der Waals surface area contributed by atoms with E-state index in [1.165, 1.54) is 12.8 Å². The Bertz CT molecular complexity index is 893. The molecule has 2 saturated heterocycles. The van der Waals surface area contributed by atoms with Gasteiger partial charge in [-0.05, 0) is 62.9 Å². The summed E-state index contributed by atoms with van der Waals surface area (Å²) in [7, 11) is -3.55. The van der Waals surface area contributed by atoms with Gasteiger partial charge in [-0.15, -0.1) is 0 Å². The minimum Gasteiger partial charge on any atom is -0.299 e. The van der Waals surface area contributed by atoms with Gasteiger partial charge in [-0.2, -0.15) is 4.31 Å². The summed E-state index contributed by atoms with van der Waals surface area (Å²) in [5.41, 5.74) is 0. The van der Waals surface area contributed by atoms with Gasteiger partial charge in [0.25, 0.3) is 0 Å². The molecule has 134 valence electrons. The molecule has 0 bridgehead atoms. The van der Waals surface area contributed by atoms with Crippen molar-refractivity contribution in [3.63, 3.8) is 0 Å². The molecule has 2 heterocycles. The Morgan fingerprint density at radius 3 is 2.64 bits per heavy atom. The highest BCUT2D eigenvalue weighted by Crippen LogP contribution is 2.33. The Hall–Kier alpha value is -1.14. The standard InChI is InChI=1S/C19H23ClN2O2S/c1-14-11-17(21-9-2-3-10-21)13-22(14)25(23,24)19-6-4-5-15-7-8-16(20)12-18(15)19/h4-8,12,14,17H,2-3,9-11,13H2,1H3. The fraction of sp³-hybridized carbons (Fsp3) is 0.474. The first-order valence-electron chi connectivity index (χ1n) is 8.91. The van der Waals surface area contributed by atoms with Gasteiger partial charge in [0.15, 0.2) is 0 Å². The van der Waals surface area contributed by atoms with Crippen molar-refractivity contribution in [3.8, 4) is 0 Å². The number of benzene rings is 2. The van der Waals surface area contributed by atoms with Gasteiger partial charge in [0.1, 0.15) is 0 Å². The first kappa shape index (κ1) is 17.3. The fourth-order valence-electron chi connectivity index (χ4n) is 4.25. The number of rotatable bonds is 3. The van der Waals surface area contributed by atoms with Crippen LogP contribution in [0.25, 0.3) is 10.8 Å². The van der Waals surface area contributed by atoms with E-state index in [1.807, 2.05) is 25.1 Å². The van der Waals surface area contributed by atoms with E-state index in [0.29, 0.717) is 27.9 Å². The zero-order chi connectivity index (χ0) is 17.6. The van der Waals surface area contributed by atoms with E-state index >= 15 is 0 Å². The van der Waals surface area contributed by atoms with Crippen LogP contribution in [0.15, 0.2) is 41.3 Å². The maximum atomic E-state index is 13.4. The lowest BCUT2D eigenvalue weighted by Gasteiger charge is -2.24. The number of nitrogens with zero attached hydrogens (tertiary/aromatic N) is 2. The zero-order valence-corrected chi connectivity index (χ0v) is 15.9. The van der Waals surface area contributed by atoms with E-state index < -0.39 is 10.0 Å². The van der Waals surface area contributed by atoms with Crippen LogP contribution in [-0.2, 0) is 10.0 Å². The third-order valence-electron chi connectivity index (χ3n) is 5.54. The Labute approximate surface area is 154 Å². The summed E-state index contributed by atoms with van der Waals surface area (Å²) in [5, 5.41) is 2.15. The van der Waals surface area contributed by atoms with Crippen LogP contribution in [0.4, 0.5) is 0 Å². The average Bonchev–Trinajstić information content (AvgIpc) is 3.23. The third-order valence-corrected chi connectivity index (χ3v) is 7.82. The predicted molar refractivity (Wildman–Crippen MR) is 102 cm³/mol. The molecule has 4 rings (SSSR count). The monoisotopic (exact) mass is 378 g/mol. The van der Waals surface area contributed by atoms with Gasteiger partial charge in [-0.25, -0.2) is 8.42 Å². The number of likely N-dealkylation sites (tertiary alicyclic amines) is 1. The minimum absolute atomic E-state index is 0.0186. The average molecular weight is 379 g/mol. The molecule has 25 heavy (non-hydrogen) atoms. The first-order chi connectivity index (χ1) is 12.0. The molecule has 0 N–H and O–H groups in total. The highest BCUT2D eigenvalue weighted by atomic mass is 35.5. The summed E-state index contributed by atoms with van der Waals surface area (Å²) < 4.78 is 28.5. The van der Waals surface area contributed by atoms with Crippen molar-refractivity contribution < 1.29 is 8.42 Å². The van der Waals surface area contributed by atoms with Crippen LogP contribution >= 0.6 is 11.6 Å². The van der Waals surface area contributed by atoms with Crippen molar-refractivity contribution >= 4 is 32.4 Å². The molecule has 2 aromatic carbocycles. The maximum Gasteiger partial charge on any atom is 0.243 e. The van der Waals surface area contributed by atoms with E-state index in [2.05, 4.69) is 4.90 Å². The molecule has 0 spiro atoms. The molecule has 2 aliphatic rings. The number of sulfonamides is 1. The molecule has 0 aliphatic carbocycles. The molecule has 0 saturated carbocycles. The van der Waals surface area contributed by atoms with E-state index in [4.69, 9.17) is 11.6 Å². The lowest BCUT2D eigenvalue weighted by Crippen LogP contribution is -2.38. The van der Waals surface area contributed by atoms with Crippen LogP contribution in [-0.4, -0.2) is 49.3 Å². The first-order valence-corrected chi connectivity index (χ1v) is 10.7. The van der Waals surface area contributed by atoms with Crippen molar-refractivity contribution in [2.45, 2.75) is 43.2 Å². The molecule has 4 nitrogen and oxygen atoms in total. The van der Waals surface area contributed by atoms with Crippen LogP contribution in [0, 0.1) is 0 Å². The predicted octanol–water partition coefficient (Wildman–Crippen LogP) is 3.74. The second-order valence-electron chi connectivity index (χ2n) is 7.18. The van der Waals surface area contributed by atoms with Gasteiger partial charge >= 0.3 is 0 Å². The zero-order valence-electron chi connectivity index (χ0n) is 14.4. The molecular weight excluding hydrogens is 356 g/mol. The molecule has 2 aromatic rings. The summed E-state index contributed by atoms with van der Waals surface area (Å²) in [6.45, 7) is 4.79. The van der Waals surface area contributed by atoms with Gasteiger partial charge in [-0.3, -0.25) is 4.90 Å². The van der Waals surface area contributed by atoms with Crippen LogP contribution in [0.1, 0.15) is 26.2 Å². The van der Waals surface area contributed by atoms with Crippen molar-refractivity contribution in [1.82, 2.24) is 9.21 Å². The molecular formula is C19H23ClN2O2S.